The Morgan fingerprint density at radius 2 is 2.17 bits per heavy atom. The van der Waals surface area contributed by atoms with Gasteiger partial charge in [-0.3, -0.25) is 4.98 Å². The van der Waals surface area contributed by atoms with Gasteiger partial charge in [0.1, 0.15) is 0 Å². The molecule has 2 heterocycles. The Hall–Kier alpha value is -1.09. The zero-order chi connectivity index (χ0) is 13.0. The smallest absolute Gasteiger partial charge is 0.0583 e. The largest absolute Gasteiger partial charge is 0.368 e. The van der Waals surface area contributed by atoms with Crippen molar-refractivity contribution in [2.45, 2.75) is 45.6 Å². The Morgan fingerprint density at radius 3 is 2.83 bits per heavy atom. The van der Waals surface area contributed by atoms with Gasteiger partial charge < -0.3 is 10.2 Å². The Balaban J connectivity index is 2.25. The SMILES string of the molecule is CCC1(CC)CN(c2cnccc2C)CCCN1. The molecular formula is C15H25N3. The third kappa shape index (κ3) is 2.66. The molecule has 3 heteroatoms. The van der Waals surface area contributed by atoms with Crippen LogP contribution in [0.5, 0.6) is 0 Å². The number of nitrogens with zero attached hydrogens (tertiary/aromatic N) is 2. The molecule has 0 bridgehead atoms. The predicted molar refractivity (Wildman–Crippen MR) is 77.1 cm³/mol. The molecule has 0 aromatic carbocycles. The van der Waals surface area contributed by atoms with E-state index in [4.69, 9.17) is 0 Å². The van der Waals surface area contributed by atoms with Crippen LogP contribution in [-0.4, -0.2) is 30.2 Å². The summed E-state index contributed by atoms with van der Waals surface area (Å²) < 4.78 is 0. The van der Waals surface area contributed by atoms with Crippen LogP contribution in [0.4, 0.5) is 5.69 Å². The van der Waals surface area contributed by atoms with Gasteiger partial charge in [0.25, 0.3) is 0 Å². The predicted octanol–water partition coefficient (Wildman–Crippen LogP) is 2.75. The molecule has 1 N–H and O–H groups in total. The number of rotatable bonds is 3. The molecule has 0 amide bonds. The van der Waals surface area contributed by atoms with Gasteiger partial charge in [0.15, 0.2) is 0 Å². The van der Waals surface area contributed by atoms with Crippen LogP contribution in [0.25, 0.3) is 0 Å². The van der Waals surface area contributed by atoms with Crippen molar-refractivity contribution in [2.75, 3.05) is 24.5 Å². The first-order valence-corrected chi connectivity index (χ1v) is 7.11. The molecule has 1 aromatic heterocycles. The van der Waals surface area contributed by atoms with E-state index in [0.29, 0.717) is 0 Å². The van der Waals surface area contributed by atoms with Crippen LogP contribution in [0.3, 0.4) is 0 Å². The summed E-state index contributed by atoms with van der Waals surface area (Å²) in [6.45, 7) is 10.1. The second kappa shape index (κ2) is 5.70. The number of hydrogen-bond donors (Lipinski definition) is 1. The summed E-state index contributed by atoms with van der Waals surface area (Å²) in [4.78, 5) is 6.80. The minimum atomic E-state index is 0.263. The minimum absolute atomic E-state index is 0.263. The first kappa shape index (κ1) is 13.3. The van der Waals surface area contributed by atoms with Gasteiger partial charge in [-0.15, -0.1) is 0 Å². The number of anilines is 1. The van der Waals surface area contributed by atoms with Crippen molar-refractivity contribution in [2.24, 2.45) is 0 Å². The number of aromatic nitrogens is 1. The molecule has 0 radical (unpaired) electrons. The highest BCUT2D eigenvalue weighted by Crippen LogP contribution is 2.25. The summed E-state index contributed by atoms with van der Waals surface area (Å²) >= 11 is 0. The van der Waals surface area contributed by atoms with Crippen molar-refractivity contribution in [1.82, 2.24) is 10.3 Å². The van der Waals surface area contributed by atoms with Crippen molar-refractivity contribution >= 4 is 5.69 Å². The average molecular weight is 247 g/mol. The van der Waals surface area contributed by atoms with E-state index in [1.165, 1.54) is 30.5 Å². The maximum Gasteiger partial charge on any atom is 0.0583 e. The lowest BCUT2D eigenvalue weighted by molar-refractivity contribution is 0.321. The summed E-state index contributed by atoms with van der Waals surface area (Å²) in [6, 6.07) is 2.10. The van der Waals surface area contributed by atoms with Crippen molar-refractivity contribution < 1.29 is 0 Å². The van der Waals surface area contributed by atoms with Gasteiger partial charge in [-0.1, -0.05) is 13.8 Å². The zero-order valence-electron chi connectivity index (χ0n) is 11.9. The van der Waals surface area contributed by atoms with Crippen LogP contribution in [0.1, 0.15) is 38.7 Å². The van der Waals surface area contributed by atoms with Crippen LogP contribution in [-0.2, 0) is 0 Å². The molecule has 1 fully saturated rings. The second-order valence-corrected chi connectivity index (χ2v) is 5.35. The lowest BCUT2D eigenvalue weighted by Crippen LogP contribution is -2.50. The lowest BCUT2D eigenvalue weighted by Gasteiger charge is -2.36. The van der Waals surface area contributed by atoms with Crippen molar-refractivity contribution in [3.05, 3.63) is 24.0 Å². The molecule has 0 saturated carbocycles. The molecule has 0 unspecified atom stereocenters. The van der Waals surface area contributed by atoms with Gasteiger partial charge in [-0.25, -0.2) is 0 Å². The monoisotopic (exact) mass is 247 g/mol. The second-order valence-electron chi connectivity index (χ2n) is 5.35. The molecule has 1 aliphatic rings. The zero-order valence-corrected chi connectivity index (χ0v) is 11.9. The van der Waals surface area contributed by atoms with Crippen LogP contribution < -0.4 is 10.2 Å². The van der Waals surface area contributed by atoms with E-state index >= 15 is 0 Å². The maximum atomic E-state index is 4.29. The molecule has 0 spiro atoms. The number of hydrogen-bond acceptors (Lipinski definition) is 3. The molecular weight excluding hydrogens is 222 g/mol. The molecule has 100 valence electrons. The van der Waals surface area contributed by atoms with E-state index in [1.54, 1.807) is 0 Å². The molecule has 1 aliphatic heterocycles. The standard InChI is InChI=1S/C15H25N3/c1-4-15(5-2)12-18(10-6-8-17-15)14-11-16-9-7-13(14)3/h7,9,11,17H,4-6,8,10,12H2,1-3H3. The third-order valence-electron chi connectivity index (χ3n) is 4.30. The van der Waals surface area contributed by atoms with Crippen molar-refractivity contribution in [1.29, 1.82) is 0 Å². The quantitative estimate of drug-likeness (QED) is 0.890. The van der Waals surface area contributed by atoms with Gasteiger partial charge >= 0.3 is 0 Å². The van der Waals surface area contributed by atoms with E-state index < -0.39 is 0 Å². The van der Waals surface area contributed by atoms with Gasteiger partial charge in [0, 0.05) is 24.8 Å². The van der Waals surface area contributed by atoms with E-state index in [-0.39, 0.29) is 5.54 Å². The van der Waals surface area contributed by atoms with E-state index in [1.807, 2.05) is 12.4 Å². The van der Waals surface area contributed by atoms with Crippen LogP contribution >= 0.6 is 0 Å². The van der Waals surface area contributed by atoms with E-state index in [0.717, 1.165) is 19.6 Å². The Labute approximate surface area is 111 Å². The Morgan fingerprint density at radius 1 is 1.39 bits per heavy atom. The van der Waals surface area contributed by atoms with Crippen LogP contribution in [0.2, 0.25) is 0 Å². The summed E-state index contributed by atoms with van der Waals surface area (Å²) in [5.41, 5.74) is 2.89. The van der Waals surface area contributed by atoms with Crippen molar-refractivity contribution in [3.63, 3.8) is 0 Å². The summed E-state index contributed by atoms with van der Waals surface area (Å²) in [7, 11) is 0. The molecule has 2 rings (SSSR count). The molecule has 1 saturated heterocycles. The summed E-state index contributed by atoms with van der Waals surface area (Å²) in [6.07, 6.45) is 7.45. The lowest BCUT2D eigenvalue weighted by atomic mass is 9.92. The topological polar surface area (TPSA) is 28.2 Å². The van der Waals surface area contributed by atoms with Crippen LogP contribution in [0, 0.1) is 6.92 Å². The van der Waals surface area contributed by atoms with Gasteiger partial charge in [-0.05, 0) is 44.4 Å². The minimum Gasteiger partial charge on any atom is -0.368 e. The van der Waals surface area contributed by atoms with Gasteiger partial charge in [0.05, 0.1) is 11.9 Å². The Kier molecular flexibility index (Phi) is 4.23. The van der Waals surface area contributed by atoms with E-state index in [9.17, 15) is 0 Å². The average Bonchev–Trinajstić information content (AvgIpc) is 2.62. The number of pyridine rings is 1. The molecule has 0 aliphatic carbocycles. The molecule has 1 aromatic rings. The van der Waals surface area contributed by atoms with Gasteiger partial charge in [-0.2, -0.15) is 0 Å². The Bertz CT molecular complexity index is 385. The number of aryl methyl sites for hydroxylation is 1. The number of nitrogens with one attached hydrogen (secondary N) is 1. The highest BCUT2D eigenvalue weighted by atomic mass is 15.2. The molecule has 18 heavy (non-hydrogen) atoms. The molecule has 0 atom stereocenters. The van der Waals surface area contributed by atoms with Crippen molar-refractivity contribution in [3.8, 4) is 0 Å². The maximum absolute atomic E-state index is 4.29. The normalized spacial score (nSPS) is 19.6. The third-order valence-corrected chi connectivity index (χ3v) is 4.30. The van der Waals surface area contributed by atoms with Crippen LogP contribution in [0.15, 0.2) is 18.5 Å². The molecule has 3 nitrogen and oxygen atoms in total. The first-order chi connectivity index (χ1) is 8.71. The fourth-order valence-corrected chi connectivity index (χ4v) is 2.84. The fraction of sp³-hybridized carbons (Fsp3) is 0.667. The highest BCUT2D eigenvalue weighted by molar-refractivity contribution is 5.51. The first-order valence-electron chi connectivity index (χ1n) is 7.11. The fourth-order valence-electron chi connectivity index (χ4n) is 2.84. The highest BCUT2D eigenvalue weighted by Gasteiger charge is 2.30. The van der Waals surface area contributed by atoms with Gasteiger partial charge in [0.2, 0.25) is 0 Å². The summed E-state index contributed by atoms with van der Waals surface area (Å²) in [5, 5.41) is 3.75. The van der Waals surface area contributed by atoms with E-state index in [2.05, 4.69) is 42.0 Å². The summed E-state index contributed by atoms with van der Waals surface area (Å²) in [5.74, 6) is 0.